The molecule has 25 heavy (non-hydrogen) atoms. The molecular formula is C20H30N4O. The molecule has 1 aliphatic rings. The number of likely N-dealkylation sites (N-methyl/N-ethyl adjacent to an activating group) is 1. The van der Waals surface area contributed by atoms with Crippen molar-refractivity contribution >= 4 is 5.91 Å². The zero-order valence-corrected chi connectivity index (χ0v) is 15.6. The fourth-order valence-electron chi connectivity index (χ4n) is 3.15. The Morgan fingerprint density at radius 2 is 2.08 bits per heavy atom. The van der Waals surface area contributed by atoms with E-state index in [1.165, 1.54) is 0 Å². The maximum atomic E-state index is 12.2. The topological polar surface area (TPSA) is 68.2 Å². The lowest BCUT2D eigenvalue weighted by Crippen LogP contribution is -2.35. The van der Waals surface area contributed by atoms with E-state index < -0.39 is 0 Å². The number of carbonyl (C=O) groups excluding carboxylic acids is 1. The van der Waals surface area contributed by atoms with Crippen molar-refractivity contribution in [2.45, 2.75) is 45.2 Å². The van der Waals surface area contributed by atoms with E-state index in [1.807, 2.05) is 43.3 Å². The Balaban J connectivity index is 1.81. The van der Waals surface area contributed by atoms with E-state index in [1.54, 1.807) is 0 Å². The first kappa shape index (κ1) is 19.4. The van der Waals surface area contributed by atoms with Crippen LogP contribution in [0.15, 0.2) is 24.3 Å². The van der Waals surface area contributed by atoms with E-state index >= 15 is 0 Å². The first-order valence-electron chi connectivity index (χ1n) is 9.08. The molecule has 1 aliphatic carbocycles. The Bertz CT molecular complexity index is 612. The third-order valence-electron chi connectivity index (χ3n) is 4.99. The second-order valence-corrected chi connectivity index (χ2v) is 7.59. The van der Waals surface area contributed by atoms with E-state index in [2.05, 4.69) is 23.6 Å². The molecule has 0 saturated heterocycles. The molecule has 0 bridgehead atoms. The summed E-state index contributed by atoms with van der Waals surface area (Å²) in [6.45, 7) is 4.29. The SMILES string of the molecule is CN(C)CCNC(=O)c1cccc(CNC2CCC(C)(C#N)CC2)c1. The molecule has 1 aromatic rings. The second-order valence-electron chi connectivity index (χ2n) is 7.59. The summed E-state index contributed by atoms with van der Waals surface area (Å²) >= 11 is 0. The van der Waals surface area contributed by atoms with Gasteiger partial charge in [-0.1, -0.05) is 12.1 Å². The van der Waals surface area contributed by atoms with Crippen LogP contribution in [0.2, 0.25) is 0 Å². The van der Waals surface area contributed by atoms with Gasteiger partial charge in [-0.3, -0.25) is 4.79 Å². The summed E-state index contributed by atoms with van der Waals surface area (Å²) in [5.41, 5.74) is 1.68. The number of nitrogens with zero attached hydrogens (tertiary/aromatic N) is 2. The Morgan fingerprint density at radius 1 is 1.36 bits per heavy atom. The average molecular weight is 342 g/mol. The van der Waals surface area contributed by atoms with Crippen LogP contribution in [0.5, 0.6) is 0 Å². The molecule has 2 N–H and O–H groups in total. The summed E-state index contributed by atoms with van der Waals surface area (Å²) in [7, 11) is 3.98. The summed E-state index contributed by atoms with van der Waals surface area (Å²) in [6.07, 6.45) is 3.98. The van der Waals surface area contributed by atoms with Crippen molar-refractivity contribution in [3.8, 4) is 6.07 Å². The first-order valence-corrected chi connectivity index (χ1v) is 9.08. The van der Waals surface area contributed by atoms with Gasteiger partial charge in [0.05, 0.1) is 11.5 Å². The highest BCUT2D eigenvalue weighted by molar-refractivity contribution is 5.94. The number of nitrogens with one attached hydrogen (secondary N) is 2. The Labute approximate surface area is 151 Å². The lowest BCUT2D eigenvalue weighted by molar-refractivity contribution is 0.0951. The molecule has 1 aromatic carbocycles. The van der Waals surface area contributed by atoms with Crippen LogP contribution < -0.4 is 10.6 Å². The highest BCUT2D eigenvalue weighted by Crippen LogP contribution is 2.35. The number of carbonyl (C=O) groups is 1. The zero-order valence-electron chi connectivity index (χ0n) is 15.6. The van der Waals surface area contributed by atoms with Crippen LogP contribution in [0.25, 0.3) is 0 Å². The molecule has 2 rings (SSSR count). The summed E-state index contributed by atoms with van der Waals surface area (Å²) < 4.78 is 0. The van der Waals surface area contributed by atoms with Gasteiger partial charge < -0.3 is 15.5 Å². The van der Waals surface area contributed by atoms with Gasteiger partial charge in [0.1, 0.15) is 0 Å². The molecule has 5 nitrogen and oxygen atoms in total. The standard InChI is InChI=1S/C20H30N4O/c1-20(15-21)9-7-18(8-10-20)23-14-16-5-4-6-17(13-16)19(25)22-11-12-24(2)3/h4-6,13,18,23H,7-12,14H2,1-3H3,(H,22,25). The van der Waals surface area contributed by atoms with Gasteiger partial charge in [0.25, 0.3) is 5.91 Å². The van der Waals surface area contributed by atoms with Crippen molar-refractivity contribution in [2.75, 3.05) is 27.2 Å². The molecule has 5 heteroatoms. The molecule has 0 heterocycles. The number of benzene rings is 1. The van der Waals surface area contributed by atoms with Gasteiger partial charge >= 0.3 is 0 Å². The van der Waals surface area contributed by atoms with Crippen molar-refractivity contribution in [3.05, 3.63) is 35.4 Å². The van der Waals surface area contributed by atoms with Crippen LogP contribution >= 0.6 is 0 Å². The number of nitriles is 1. The fourth-order valence-corrected chi connectivity index (χ4v) is 3.15. The predicted molar refractivity (Wildman–Crippen MR) is 100 cm³/mol. The van der Waals surface area contributed by atoms with E-state index in [-0.39, 0.29) is 11.3 Å². The summed E-state index contributed by atoms with van der Waals surface area (Å²) in [5, 5.41) is 15.7. The Kier molecular flexibility index (Phi) is 6.98. The molecule has 0 spiro atoms. The zero-order chi connectivity index (χ0) is 18.3. The maximum Gasteiger partial charge on any atom is 0.251 e. The molecular weight excluding hydrogens is 312 g/mol. The lowest BCUT2D eigenvalue weighted by Gasteiger charge is -2.32. The van der Waals surface area contributed by atoms with E-state index in [0.29, 0.717) is 18.2 Å². The molecule has 0 radical (unpaired) electrons. The van der Waals surface area contributed by atoms with Crippen molar-refractivity contribution in [1.82, 2.24) is 15.5 Å². The highest BCUT2D eigenvalue weighted by Gasteiger charge is 2.30. The van der Waals surface area contributed by atoms with Crippen LogP contribution in [0.3, 0.4) is 0 Å². The van der Waals surface area contributed by atoms with Gasteiger partial charge in [0.2, 0.25) is 0 Å². The van der Waals surface area contributed by atoms with Crippen molar-refractivity contribution < 1.29 is 4.79 Å². The van der Waals surface area contributed by atoms with Crippen molar-refractivity contribution in [2.24, 2.45) is 5.41 Å². The molecule has 0 atom stereocenters. The third kappa shape index (κ3) is 6.15. The molecule has 1 fully saturated rings. The molecule has 0 unspecified atom stereocenters. The lowest BCUT2D eigenvalue weighted by atomic mass is 9.75. The fraction of sp³-hybridized carbons (Fsp3) is 0.600. The van der Waals surface area contributed by atoms with Gasteiger partial charge in [0.15, 0.2) is 0 Å². The minimum atomic E-state index is -0.150. The van der Waals surface area contributed by atoms with Gasteiger partial charge in [0, 0.05) is 31.2 Å². The van der Waals surface area contributed by atoms with Crippen LogP contribution in [0, 0.1) is 16.7 Å². The smallest absolute Gasteiger partial charge is 0.251 e. The quantitative estimate of drug-likeness (QED) is 0.799. The van der Waals surface area contributed by atoms with Gasteiger partial charge in [-0.2, -0.15) is 5.26 Å². The molecule has 1 amide bonds. The average Bonchev–Trinajstić information content (AvgIpc) is 2.61. The molecule has 0 aliphatic heterocycles. The molecule has 1 saturated carbocycles. The van der Waals surface area contributed by atoms with Gasteiger partial charge in [-0.15, -0.1) is 0 Å². The summed E-state index contributed by atoms with van der Waals surface area (Å²) in [5.74, 6) is -0.0221. The van der Waals surface area contributed by atoms with Crippen LogP contribution in [0.4, 0.5) is 0 Å². The molecule has 136 valence electrons. The van der Waals surface area contributed by atoms with E-state index in [4.69, 9.17) is 0 Å². The van der Waals surface area contributed by atoms with Gasteiger partial charge in [-0.25, -0.2) is 0 Å². The van der Waals surface area contributed by atoms with Crippen LogP contribution in [-0.4, -0.2) is 44.0 Å². The predicted octanol–water partition coefficient (Wildman–Crippen LogP) is 2.54. The highest BCUT2D eigenvalue weighted by atomic mass is 16.1. The van der Waals surface area contributed by atoms with Gasteiger partial charge in [-0.05, 0) is 64.4 Å². The largest absolute Gasteiger partial charge is 0.351 e. The first-order chi connectivity index (χ1) is 11.9. The maximum absolute atomic E-state index is 12.2. The molecule has 0 aromatic heterocycles. The normalized spacial score (nSPS) is 23.2. The van der Waals surface area contributed by atoms with Crippen LogP contribution in [0.1, 0.15) is 48.5 Å². The third-order valence-corrected chi connectivity index (χ3v) is 4.99. The Hall–Kier alpha value is -1.90. The number of hydrogen-bond acceptors (Lipinski definition) is 4. The Morgan fingerprint density at radius 3 is 2.72 bits per heavy atom. The number of hydrogen-bond donors (Lipinski definition) is 2. The van der Waals surface area contributed by atoms with E-state index in [0.717, 1.165) is 44.3 Å². The van der Waals surface area contributed by atoms with E-state index in [9.17, 15) is 10.1 Å². The number of amides is 1. The summed E-state index contributed by atoms with van der Waals surface area (Å²) in [4.78, 5) is 14.3. The second kappa shape index (κ2) is 8.98. The minimum Gasteiger partial charge on any atom is -0.351 e. The number of rotatable bonds is 7. The summed E-state index contributed by atoms with van der Waals surface area (Å²) in [6, 6.07) is 10.7. The van der Waals surface area contributed by atoms with Crippen LogP contribution in [-0.2, 0) is 6.54 Å². The minimum absolute atomic E-state index is 0.0221. The van der Waals surface area contributed by atoms with Crippen molar-refractivity contribution in [1.29, 1.82) is 5.26 Å². The monoisotopic (exact) mass is 342 g/mol. The van der Waals surface area contributed by atoms with Crippen molar-refractivity contribution in [3.63, 3.8) is 0 Å².